The van der Waals surface area contributed by atoms with Gasteiger partial charge in [-0.3, -0.25) is 0 Å². The first-order valence-corrected chi connectivity index (χ1v) is 6.76. The molecule has 0 radical (unpaired) electrons. The highest BCUT2D eigenvalue weighted by Crippen LogP contribution is 2.22. The second kappa shape index (κ2) is 8.76. The number of ether oxygens (including phenoxy) is 2. The minimum atomic E-state index is 0.596. The number of benzene rings is 1. The van der Waals surface area contributed by atoms with Crippen molar-refractivity contribution >= 4 is 5.57 Å². The standard InChI is InChI=1S/C16H24O2/c1-4-6-8-14(3)15-9-7-10-16(13-15)18-12-11-17-5-2/h7,9-10,13H,3-6,8,11-12H2,1-2H3. The zero-order chi connectivity index (χ0) is 13.2. The van der Waals surface area contributed by atoms with Crippen LogP contribution in [0.25, 0.3) is 5.57 Å². The first-order valence-electron chi connectivity index (χ1n) is 6.76. The van der Waals surface area contributed by atoms with Crippen LogP contribution in [-0.4, -0.2) is 19.8 Å². The van der Waals surface area contributed by atoms with Crippen molar-refractivity contribution in [2.75, 3.05) is 19.8 Å². The van der Waals surface area contributed by atoms with Crippen LogP contribution in [0.3, 0.4) is 0 Å². The van der Waals surface area contributed by atoms with Crippen LogP contribution in [0.2, 0.25) is 0 Å². The highest BCUT2D eigenvalue weighted by atomic mass is 16.5. The van der Waals surface area contributed by atoms with E-state index >= 15 is 0 Å². The summed E-state index contributed by atoms with van der Waals surface area (Å²) in [5.74, 6) is 0.893. The van der Waals surface area contributed by atoms with Gasteiger partial charge in [0, 0.05) is 6.61 Å². The molecule has 0 aromatic heterocycles. The van der Waals surface area contributed by atoms with Gasteiger partial charge >= 0.3 is 0 Å². The molecule has 0 amide bonds. The average molecular weight is 248 g/mol. The molecule has 0 heterocycles. The summed E-state index contributed by atoms with van der Waals surface area (Å²) in [6.07, 6.45) is 3.44. The van der Waals surface area contributed by atoms with E-state index in [0.717, 1.165) is 18.8 Å². The minimum Gasteiger partial charge on any atom is -0.491 e. The Kier molecular flexibility index (Phi) is 7.19. The van der Waals surface area contributed by atoms with E-state index in [1.807, 2.05) is 19.1 Å². The van der Waals surface area contributed by atoms with E-state index in [1.54, 1.807) is 0 Å². The predicted molar refractivity (Wildman–Crippen MR) is 77.0 cm³/mol. The van der Waals surface area contributed by atoms with Crippen LogP contribution >= 0.6 is 0 Å². The topological polar surface area (TPSA) is 18.5 Å². The third-order valence-electron chi connectivity index (χ3n) is 2.77. The van der Waals surface area contributed by atoms with Crippen LogP contribution in [0.1, 0.15) is 38.7 Å². The number of unbranched alkanes of at least 4 members (excludes halogenated alkanes) is 1. The lowest BCUT2D eigenvalue weighted by Gasteiger charge is -2.09. The Morgan fingerprint density at radius 1 is 1.22 bits per heavy atom. The lowest BCUT2D eigenvalue weighted by molar-refractivity contribution is 0.110. The summed E-state index contributed by atoms with van der Waals surface area (Å²) in [7, 11) is 0. The van der Waals surface area contributed by atoms with Gasteiger partial charge in [0.1, 0.15) is 12.4 Å². The van der Waals surface area contributed by atoms with Crippen molar-refractivity contribution in [2.24, 2.45) is 0 Å². The fourth-order valence-electron chi connectivity index (χ4n) is 1.70. The molecule has 100 valence electrons. The molecule has 0 fully saturated rings. The minimum absolute atomic E-state index is 0.596. The van der Waals surface area contributed by atoms with Crippen molar-refractivity contribution in [2.45, 2.75) is 33.1 Å². The lowest BCUT2D eigenvalue weighted by atomic mass is 10.0. The SMILES string of the molecule is C=C(CCCC)c1cccc(OCCOCC)c1. The van der Waals surface area contributed by atoms with Crippen LogP contribution in [0, 0.1) is 0 Å². The molecule has 0 unspecified atom stereocenters. The summed E-state index contributed by atoms with van der Waals surface area (Å²) in [6.45, 7) is 10.3. The smallest absolute Gasteiger partial charge is 0.120 e. The molecule has 0 atom stereocenters. The Labute approximate surface area is 111 Å². The van der Waals surface area contributed by atoms with E-state index in [2.05, 4.69) is 25.6 Å². The molecule has 0 aliphatic carbocycles. The second-order valence-electron chi connectivity index (χ2n) is 4.28. The molecule has 0 saturated heterocycles. The van der Waals surface area contributed by atoms with E-state index in [-0.39, 0.29) is 0 Å². The monoisotopic (exact) mass is 248 g/mol. The molecular weight excluding hydrogens is 224 g/mol. The first-order chi connectivity index (χ1) is 8.77. The van der Waals surface area contributed by atoms with Gasteiger partial charge in [-0.05, 0) is 43.0 Å². The fraction of sp³-hybridized carbons (Fsp3) is 0.500. The maximum atomic E-state index is 5.64. The number of allylic oxidation sites excluding steroid dienone is 1. The van der Waals surface area contributed by atoms with E-state index in [4.69, 9.17) is 9.47 Å². The maximum Gasteiger partial charge on any atom is 0.120 e. The fourth-order valence-corrected chi connectivity index (χ4v) is 1.70. The van der Waals surface area contributed by atoms with Gasteiger partial charge in [-0.2, -0.15) is 0 Å². The number of rotatable bonds is 9. The van der Waals surface area contributed by atoms with E-state index in [1.165, 1.54) is 24.0 Å². The summed E-state index contributed by atoms with van der Waals surface area (Å²) in [5, 5.41) is 0. The zero-order valence-corrected chi connectivity index (χ0v) is 11.6. The van der Waals surface area contributed by atoms with Gasteiger partial charge in [0.2, 0.25) is 0 Å². The maximum absolute atomic E-state index is 5.64. The van der Waals surface area contributed by atoms with Crippen molar-refractivity contribution in [1.29, 1.82) is 0 Å². The Balaban J connectivity index is 2.48. The van der Waals surface area contributed by atoms with Crippen molar-refractivity contribution in [3.63, 3.8) is 0 Å². The van der Waals surface area contributed by atoms with Crippen LogP contribution in [0.15, 0.2) is 30.8 Å². The molecular formula is C16H24O2. The molecule has 2 heteroatoms. The van der Waals surface area contributed by atoms with Gasteiger partial charge in [-0.15, -0.1) is 0 Å². The molecule has 0 N–H and O–H groups in total. The number of hydrogen-bond acceptors (Lipinski definition) is 2. The summed E-state index contributed by atoms with van der Waals surface area (Å²) in [6, 6.07) is 8.14. The molecule has 1 aromatic carbocycles. The van der Waals surface area contributed by atoms with Crippen LogP contribution in [0.4, 0.5) is 0 Å². The van der Waals surface area contributed by atoms with Crippen LogP contribution in [-0.2, 0) is 4.74 Å². The Hall–Kier alpha value is -1.28. The summed E-state index contributed by atoms with van der Waals surface area (Å²) < 4.78 is 10.9. The molecule has 0 aliphatic rings. The zero-order valence-electron chi connectivity index (χ0n) is 11.6. The average Bonchev–Trinajstić information content (AvgIpc) is 2.41. The predicted octanol–water partition coefficient (Wildman–Crippen LogP) is 4.31. The van der Waals surface area contributed by atoms with Crippen molar-refractivity contribution in [1.82, 2.24) is 0 Å². The van der Waals surface area contributed by atoms with Crippen LogP contribution < -0.4 is 4.74 Å². The molecule has 1 aromatic rings. The van der Waals surface area contributed by atoms with Crippen molar-refractivity contribution in [3.05, 3.63) is 36.4 Å². The third kappa shape index (κ3) is 5.37. The van der Waals surface area contributed by atoms with Crippen LogP contribution in [0.5, 0.6) is 5.75 Å². The highest BCUT2D eigenvalue weighted by Gasteiger charge is 2.01. The highest BCUT2D eigenvalue weighted by molar-refractivity contribution is 5.64. The Bertz CT molecular complexity index is 358. The summed E-state index contributed by atoms with van der Waals surface area (Å²) in [4.78, 5) is 0. The van der Waals surface area contributed by atoms with E-state index < -0.39 is 0 Å². The largest absolute Gasteiger partial charge is 0.491 e. The van der Waals surface area contributed by atoms with Gasteiger partial charge in [0.25, 0.3) is 0 Å². The normalized spacial score (nSPS) is 10.3. The molecule has 18 heavy (non-hydrogen) atoms. The van der Waals surface area contributed by atoms with E-state index in [0.29, 0.717) is 13.2 Å². The summed E-state index contributed by atoms with van der Waals surface area (Å²) in [5.41, 5.74) is 2.37. The first kappa shape index (κ1) is 14.8. The van der Waals surface area contributed by atoms with Gasteiger partial charge in [0.05, 0.1) is 6.61 Å². The quantitative estimate of drug-likeness (QED) is 0.606. The Morgan fingerprint density at radius 2 is 2.06 bits per heavy atom. The van der Waals surface area contributed by atoms with Gasteiger partial charge in [0.15, 0.2) is 0 Å². The van der Waals surface area contributed by atoms with E-state index in [9.17, 15) is 0 Å². The van der Waals surface area contributed by atoms with Crippen molar-refractivity contribution in [3.8, 4) is 5.75 Å². The van der Waals surface area contributed by atoms with Crippen molar-refractivity contribution < 1.29 is 9.47 Å². The summed E-state index contributed by atoms with van der Waals surface area (Å²) >= 11 is 0. The molecule has 2 nitrogen and oxygen atoms in total. The lowest BCUT2D eigenvalue weighted by Crippen LogP contribution is -2.06. The molecule has 0 aliphatic heterocycles. The second-order valence-corrected chi connectivity index (χ2v) is 4.28. The third-order valence-corrected chi connectivity index (χ3v) is 2.77. The van der Waals surface area contributed by atoms with Gasteiger partial charge < -0.3 is 9.47 Å². The van der Waals surface area contributed by atoms with Gasteiger partial charge in [-0.1, -0.05) is 32.1 Å². The molecule has 1 rings (SSSR count). The Morgan fingerprint density at radius 3 is 2.78 bits per heavy atom. The number of hydrogen-bond donors (Lipinski definition) is 0. The molecule has 0 saturated carbocycles. The molecule has 0 bridgehead atoms. The van der Waals surface area contributed by atoms with Gasteiger partial charge in [-0.25, -0.2) is 0 Å². The molecule has 0 spiro atoms.